The summed E-state index contributed by atoms with van der Waals surface area (Å²) < 4.78 is 11.9. The number of nitrogens with zero attached hydrogens (tertiary/aromatic N) is 4. The lowest BCUT2D eigenvalue weighted by Crippen LogP contribution is -2.22. The van der Waals surface area contributed by atoms with E-state index >= 15 is 0 Å². The number of likely N-dealkylation sites (tertiary alicyclic amines) is 1. The molecule has 4 aromatic rings. The van der Waals surface area contributed by atoms with Gasteiger partial charge in [0.1, 0.15) is 23.1 Å². The number of nitrogens with one attached hydrogen (secondary N) is 2. The van der Waals surface area contributed by atoms with E-state index in [9.17, 15) is 4.79 Å². The average molecular weight is 531 g/mol. The number of hydrogen-bond donors (Lipinski definition) is 2. The Bertz CT molecular complexity index is 1510. The molecule has 194 valence electrons. The Balaban J connectivity index is 1.52. The van der Waals surface area contributed by atoms with E-state index in [2.05, 4.69) is 32.1 Å². The van der Waals surface area contributed by atoms with Crippen molar-refractivity contribution in [3.63, 3.8) is 0 Å². The fourth-order valence-electron chi connectivity index (χ4n) is 4.36. The number of anilines is 3. The van der Waals surface area contributed by atoms with Gasteiger partial charge in [-0.3, -0.25) is 9.78 Å². The number of methoxy groups -OCH3 is 1. The van der Waals surface area contributed by atoms with Crippen molar-refractivity contribution >= 4 is 45.7 Å². The highest BCUT2D eigenvalue weighted by molar-refractivity contribution is 6.30. The first-order valence-corrected chi connectivity index (χ1v) is 12.5. The van der Waals surface area contributed by atoms with Crippen molar-refractivity contribution in [2.45, 2.75) is 12.5 Å². The van der Waals surface area contributed by atoms with Gasteiger partial charge in [-0.2, -0.15) is 0 Å². The molecule has 1 unspecified atom stereocenters. The zero-order valence-electron chi connectivity index (χ0n) is 21.1. The molecule has 2 aromatic heterocycles. The molecule has 0 bridgehead atoms. The normalized spacial score (nSPS) is 15.3. The van der Waals surface area contributed by atoms with Crippen molar-refractivity contribution in [2.24, 2.45) is 0 Å². The average Bonchev–Trinajstić information content (AvgIpc) is 3.33. The molecule has 1 aliphatic rings. The number of fused-ring (bicyclic) bond motifs is 1. The lowest BCUT2D eigenvalue weighted by molar-refractivity contribution is -0.111. The van der Waals surface area contributed by atoms with E-state index in [1.54, 1.807) is 31.6 Å². The minimum absolute atomic E-state index is 0.00382. The largest absolute Gasteiger partial charge is 0.494 e. The second-order valence-corrected chi connectivity index (χ2v) is 9.40. The molecule has 3 heterocycles. The van der Waals surface area contributed by atoms with Gasteiger partial charge in [-0.1, -0.05) is 30.3 Å². The van der Waals surface area contributed by atoms with E-state index in [1.165, 1.54) is 6.08 Å². The number of aromatic nitrogens is 3. The van der Waals surface area contributed by atoms with Crippen LogP contribution in [0.1, 0.15) is 6.42 Å². The Labute approximate surface area is 225 Å². The number of hydrogen-bond acceptors (Lipinski definition) is 8. The molecule has 5 rings (SSSR count). The van der Waals surface area contributed by atoms with Gasteiger partial charge in [0.15, 0.2) is 0 Å². The molecule has 0 saturated carbocycles. The Morgan fingerprint density at radius 1 is 1.18 bits per heavy atom. The van der Waals surface area contributed by atoms with E-state index in [0.29, 0.717) is 45.1 Å². The number of amides is 1. The summed E-state index contributed by atoms with van der Waals surface area (Å²) in [6.45, 7) is 5.30. The Morgan fingerprint density at radius 2 is 2.05 bits per heavy atom. The maximum Gasteiger partial charge on any atom is 0.247 e. The second kappa shape index (κ2) is 11.0. The van der Waals surface area contributed by atoms with Crippen LogP contribution in [0, 0.1) is 0 Å². The Kier molecular flexibility index (Phi) is 7.39. The van der Waals surface area contributed by atoms with Crippen LogP contribution in [-0.4, -0.2) is 59.1 Å². The van der Waals surface area contributed by atoms with Crippen LogP contribution in [0.5, 0.6) is 11.5 Å². The van der Waals surface area contributed by atoms with Crippen molar-refractivity contribution in [3.8, 4) is 22.8 Å². The number of benzene rings is 2. The van der Waals surface area contributed by atoms with Gasteiger partial charge in [-0.15, -0.1) is 0 Å². The zero-order valence-corrected chi connectivity index (χ0v) is 21.8. The number of ether oxygens (including phenoxy) is 2. The van der Waals surface area contributed by atoms with Crippen LogP contribution in [0.4, 0.5) is 17.3 Å². The van der Waals surface area contributed by atoms with Gasteiger partial charge in [-0.05, 0) is 43.8 Å². The van der Waals surface area contributed by atoms with Crippen molar-refractivity contribution in [1.29, 1.82) is 0 Å². The summed E-state index contributed by atoms with van der Waals surface area (Å²) in [5, 5.41) is 7.50. The topological polar surface area (TPSA) is 102 Å². The third kappa shape index (κ3) is 5.53. The molecule has 1 amide bonds. The molecule has 0 aliphatic carbocycles. The number of likely N-dealkylation sites (N-methyl/N-ethyl adjacent to an activating group) is 1. The molecule has 2 N–H and O–H groups in total. The number of halogens is 1. The number of pyridine rings is 1. The molecule has 1 atom stereocenters. The predicted octanol–water partition coefficient (Wildman–Crippen LogP) is 5.30. The van der Waals surface area contributed by atoms with E-state index in [0.717, 1.165) is 30.5 Å². The van der Waals surface area contributed by atoms with Gasteiger partial charge in [-0.25, -0.2) is 9.97 Å². The maximum absolute atomic E-state index is 12.2. The van der Waals surface area contributed by atoms with Crippen molar-refractivity contribution in [1.82, 2.24) is 19.9 Å². The van der Waals surface area contributed by atoms with Crippen molar-refractivity contribution < 1.29 is 14.3 Å². The van der Waals surface area contributed by atoms with Gasteiger partial charge >= 0.3 is 0 Å². The molecule has 1 saturated heterocycles. The third-order valence-corrected chi connectivity index (χ3v) is 6.47. The lowest BCUT2D eigenvalue weighted by Gasteiger charge is -2.20. The summed E-state index contributed by atoms with van der Waals surface area (Å²) >= 11 is 6.22. The van der Waals surface area contributed by atoms with Gasteiger partial charge in [0, 0.05) is 47.5 Å². The van der Waals surface area contributed by atoms with Crippen LogP contribution < -0.4 is 20.1 Å². The van der Waals surface area contributed by atoms with Gasteiger partial charge in [0.25, 0.3) is 0 Å². The second-order valence-electron chi connectivity index (χ2n) is 8.96. The molecular formula is C28H27ClN6O3. The minimum atomic E-state index is -0.353. The fourth-order valence-corrected chi connectivity index (χ4v) is 4.55. The van der Waals surface area contributed by atoms with Crippen LogP contribution >= 0.6 is 11.6 Å². The summed E-state index contributed by atoms with van der Waals surface area (Å²) in [5.41, 5.74) is 3.23. The molecule has 2 aromatic carbocycles. The minimum Gasteiger partial charge on any atom is -0.494 e. The maximum atomic E-state index is 12.2. The predicted molar refractivity (Wildman–Crippen MR) is 149 cm³/mol. The zero-order chi connectivity index (χ0) is 26.6. The van der Waals surface area contributed by atoms with Crippen LogP contribution in [-0.2, 0) is 4.79 Å². The quantitative estimate of drug-likeness (QED) is 0.296. The molecule has 1 aliphatic heterocycles. The smallest absolute Gasteiger partial charge is 0.247 e. The SMILES string of the molecule is C=CC(=O)Nc1cc(Nc2ncc3ccnc(-c4cccc(Cl)c4)c3n2)c(OC)cc1OC1CCN(C)C1. The first-order valence-electron chi connectivity index (χ1n) is 12.1. The molecule has 0 spiro atoms. The highest BCUT2D eigenvalue weighted by atomic mass is 35.5. The third-order valence-electron chi connectivity index (χ3n) is 6.23. The Hall–Kier alpha value is -4.21. The summed E-state index contributed by atoms with van der Waals surface area (Å²) in [6, 6.07) is 12.8. The molecule has 0 radical (unpaired) electrons. The van der Waals surface area contributed by atoms with Crippen LogP contribution in [0.15, 0.2) is 67.5 Å². The summed E-state index contributed by atoms with van der Waals surface area (Å²) in [5.74, 6) is 0.996. The molecule has 10 heteroatoms. The lowest BCUT2D eigenvalue weighted by atomic mass is 10.1. The highest BCUT2D eigenvalue weighted by Gasteiger charge is 2.24. The monoisotopic (exact) mass is 530 g/mol. The van der Waals surface area contributed by atoms with Gasteiger partial charge < -0.3 is 25.0 Å². The van der Waals surface area contributed by atoms with Crippen LogP contribution in [0.2, 0.25) is 5.02 Å². The highest BCUT2D eigenvalue weighted by Crippen LogP contribution is 2.39. The van der Waals surface area contributed by atoms with E-state index in [-0.39, 0.29) is 12.0 Å². The van der Waals surface area contributed by atoms with E-state index in [1.807, 2.05) is 37.4 Å². The molecule has 9 nitrogen and oxygen atoms in total. The van der Waals surface area contributed by atoms with E-state index < -0.39 is 0 Å². The molecular weight excluding hydrogens is 504 g/mol. The van der Waals surface area contributed by atoms with Gasteiger partial charge in [0.05, 0.1) is 24.2 Å². The van der Waals surface area contributed by atoms with Crippen LogP contribution in [0.3, 0.4) is 0 Å². The standard InChI is InChI=1S/C28H27ClN6O3/c1-4-25(36)32-22-13-21(23(37-3)14-24(22)38-20-9-11-35(2)16-20)33-28-31-15-18-8-10-30-26(27(18)34-28)17-6-5-7-19(29)12-17/h4-8,10,12-15,20H,1,9,11,16H2,2-3H3,(H,32,36)(H,31,33,34). The molecule has 38 heavy (non-hydrogen) atoms. The first-order chi connectivity index (χ1) is 18.4. The molecule has 1 fully saturated rings. The number of carbonyl (C=O) groups excluding carboxylic acids is 1. The summed E-state index contributed by atoms with van der Waals surface area (Å²) in [6.07, 6.45) is 5.54. The van der Waals surface area contributed by atoms with Crippen molar-refractivity contribution in [3.05, 3.63) is 72.5 Å². The van der Waals surface area contributed by atoms with Crippen molar-refractivity contribution in [2.75, 3.05) is 37.9 Å². The number of carbonyl (C=O) groups is 1. The number of rotatable bonds is 8. The van der Waals surface area contributed by atoms with Gasteiger partial charge in [0.2, 0.25) is 11.9 Å². The first kappa shape index (κ1) is 25.4. The Morgan fingerprint density at radius 3 is 2.79 bits per heavy atom. The van der Waals surface area contributed by atoms with E-state index in [4.69, 9.17) is 26.1 Å². The summed E-state index contributed by atoms with van der Waals surface area (Å²) in [7, 11) is 3.62. The fraction of sp³-hybridized carbons (Fsp3) is 0.214. The van der Waals surface area contributed by atoms with Crippen LogP contribution in [0.25, 0.3) is 22.2 Å². The summed E-state index contributed by atoms with van der Waals surface area (Å²) in [4.78, 5) is 28.2.